The van der Waals surface area contributed by atoms with Crippen molar-refractivity contribution < 1.29 is 4.79 Å². The summed E-state index contributed by atoms with van der Waals surface area (Å²) in [6.07, 6.45) is 9.11. The molecule has 0 fully saturated rings. The Bertz CT molecular complexity index is 792. The Kier molecular flexibility index (Phi) is 5.74. The number of thiophene rings is 1. The molecule has 5 heteroatoms. The zero-order valence-corrected chi connectivity index (χ0v) is 15.9. The average molecular weight is 358 g/mol. The summed E-state index contributed by atoms with van der Waals surface area (Å²) in [6.45, 7) is 5.02. The minimum Gasteiger partial charge on any atom is -0.397 e. The number of nitrogens with one attached hydrogen (secondary N) is 1. The third-order valence-corrected chi connectivity index (χ3v) is 5.71. The van der Waals surface area contributed by atoms with Crippen LogP contribution in [0.3, 0.4) is 0 Å². The van der Waals surface area contributed by atoms with E-state index in [1.54, 1.807) is 0 Å². The van der Waals surface area contributed by atoms with Crippen molar-refractivity contribution >= 4 is 33.1 Å². The lowest BCUT2D eigenvalue weighted by molar-refractivity contribution is 0.0959. The fraction of sp³-hybridized carbons (Fsp3) is 0.500. The standard InChI is InChI=1S/C20H27N3OS/c1-13(2)12-15-8-9-16-17(21)18(25-20(16)23-15)19(24)22-11-10-14-6-4-3-5-7-14/h6,8-9,13H,3-5,7,10-12,21H2,1-2H3,(H,22,24). The molecule has 0 spiro atoms. The quantitative estimate of drug-likeness (QED) is 0.737. The van der Waals surface area contributed by atoms with Gasteiger partial charge < -0.3 is 11.1 Å². The fourth-order valence-corrected chi connectivity index (χ4v) is 4.31. The monoisotopic (exact) mass is 357 g/mol. The zero-order chi connectivity index (χ0) is 17.8. The number of pyridine rings is 1. The number of hydrogen-bond donors (Lipinski definition) is 2. The first-order chi connectivity index (χ1) is 12.0. The molecule has 0 atom stereocenters. The van der Waals surface area contributed by atoms with Gasteiger partial charge in [0.25, 0.3) is 5.91 Å². The first-order valence-corrected chi connectivity index (χ1v) is 10.00. The Morgan fingerprint density at radius 2 is 2.20 bits per heavy atom. The molecule has 1 amide bonds. The lowest BCUT2D eigenvalue weighted by Gasteiger charge is -2.12. The van der Waals surface area contributed by atoms with E-state index in [-0.39, 0.29) is 5.91 Å². The number of nitrogens with two attached hydrogens (primary N) is 1. The number of nitrogens with zero attached hydrogens (tertiary/aromatic N) is 1. The predicted molar refractivity (Wildman–Crippen MR) is 106 cm³/mol. The molecule has 0 bridgehead atoms. The molecule has 2 aromatic rings. The highest BCUT2D eigenvalue weighted by Gasteiger charge is 2.17. The third kappa shape index (κ3) is 4.40. The molecule has 0 saturated heterocycles. The van der Waals surface area contributed by atoms with Crippen molar-refractivity contribution in [2.45, 2.75) is 52.4 Å². The summed E-state index contributed by atoms with van der Waals surface area (Å²) in [5.41, 5.74) is 9.28. The fourth-order valence-electron chi connectivity index (χ4n) is 3.28. The van der Waals surface area contributed by atoms with Gasteiger partial charge in [-0.2, -0.15) is 0 Å². The molecule has 0 saturated carbocycles. The molecule has 0 aromatic carbocycles. The Hall–Kier alpha value is -1.88. The van der Waals surface area contributed by atoms with Gasteiger partial charge in [-0.25, -0.2) is 4.98 Å². The van der Waals surface area contributed by atoms with Gasteiger partial charge in [0.1, 0.15) is 9.71 Å². The van der Waals surface area contributed by atoms with Gasteiger partial charge in [-0.15, -0.1) is 11.3 Å². The van der Waals surface area contributed by atoms with E-state index in [0.29, 0.717) is 23.0 Å². The van der Waals surface area contributed by atoms with Crippen molar-refractivity contribution in [3.8, 4) is 0 Å². The summed E-state index contributed by atoms with van der Waals surface area (Å²) in [5.74, 6) is 0.474. The Labute approximate surface area is 153 Å². The number of carbonyl (C=O) groups is 1. The second kappa shape index (κ2) is 8.00. The molecule has 134 valence electrons. The first-order valence-electron chi connectivity index (χ1n) is 9.18. The third-order valence-electron chi connectivity index (χ3n) is 4.59. The molecule has 3 N–H and O–H groups in total. The molecule has 0 aliphatic heterocycles. The topological polar surface area (TPSA) is 68.0 Å². The number of carbonyl (C=O) groups excluding carboxylic acids is 1. The van der Waals surface area contributed by atoms with Crippen LogP contribution in [0.25, 0.3) is 10.2 Å². The Morgan fingerprint density at radius 3 is 2.92 bits per heavy atom. The van der Waals surface area contributed by atoms with Crippen LogP contribution in [0.2, 0.25) is 0 Å². The smallest absolute Gasteiger partial charge is 0.263 e. The van der Waals surface area contributed by atoms with E-state index >= 15 is 0 Å². The van der Waals surface area contributed by atoms with Gasteiger partial charge >= 0.3 is 0 Å². The predicted octanol–water partition coefficient (Wildman–Crippen LogP) is 4.70. The maximum atomic E-state index is 12.5. The number of hydrogen-bond acceptors (Lipinski definition) is 4. The van der Waals surface area contributed by atoms with E-state index in [2.05, 4.69) is 30.2 Å². The molecule has 0 radical (unpaired) electrons. The van der Waals surface area contributed by atoms with E-state index in [1.807, 2.05) is 12.1 Å². The summed E-state index contributed by atoms with van der Waals surface area (Å²) in [5, 5.41) is 3.90. The average Bonchev–Trinajstić information content (AvgIpc) is 2.91. The van der Waals surface area contributed by atoms with Gasteiger partial charge in [0, 0.05) is 17.6 Å². The van der Waals surface area contributed by atoms with Crippen LogP contribution < -0.4 is 11.1 Å². The minimum atomic E-state index is -0.0812. The normalized spacial score (nSPS) is 14.8. The van der Waals surface area contributed by atoms with Gasteiger partial charge in [0.15, 0.2) is 0 Å². The van der Waals surface area contributed by atoms with Crippen LogP contribution in [-0.2, 0) is 6.42 Å². The van der Waals surface area contributed by atoms with Crippen LogP contribution in [0, 0.1) is 5.92 Å². The highest BCUT2D eigenvalue weighted by atomic mass is 32.1. The molecule has 25 heavy (non-hydrogen) atoms. The second-order valence-electron chi connectivity index (χ2n) is 7.21. The van der Waals surface area contributed by atoms with E-state index in [1.165, 1.54) is 42.6 Å². The number of amides is 1. The van der Waals surface area contributed by atoms with Gasteiger partial charge in [-0.05, 0) is 56.6 Å². The molecule has 2 aromatic heterocycles. The van der Waals surface area contributed by atoms with Crippen LogP contribution in [0.4, 0.5) is 5.69 Å². The molecule has 1 aliphatic carbocycles. The van der Waals surface area contributed by atoms with Crippen molar-refractivity contribution in [2.75, 3.05) is 12.3 Å². The SMILES string of the molecule is CC(C)Cc1ccc2c(N)c(C(=O)NCCC3=CCCCC3)sc2n1. The van der Waals surface area contributed by atoms with Crippen molar-refractivity contribution in [3.63, 3.8) is 0 Å². The number of nitrogen functional groups attached to an aromatic ring is 1. The summed E-state index contributed by atoms with van der Waals surface area (Å²) >= 11 is 1.40. The lowest BCUT2D eigenvalue weighted by atomic mass is 9.97. The number of anilines is 1. The summed E-state index contributed by atoms with van der Waals surface area (Å²) in [7, 11) is 0. The minimum absolute atomic E-state index is 0.0812. The van der Waals surface area contributed by atoms with Crippen LogP contribution in [-0.4, -0.2) is 17.4 Å². The molecule has 1 aliphatic rings. The van der Waals surface area contributed by atoms with E-state index in [4.69, 9.17) is 5.73 Å². The first kappa shape index (κ1) is 17.9. The number of rotatable bonds is 6. The molecular formula is C20H27N3OS. The van der Waals surface area contributed by atoms with Crippen LogP contribution >= 0.6 is 11.3 Å². The van der Waals surface area contributed by atoms with Crippen molar-refractivity contribution in [1.82, 2.24) is 10.3 Å². The van der Waals surface area contributed by atoms with Crippen LogP contribution in [0.5, 0.6) is 0 Å². The summed E-state index contributed by atoms with van der Waals surface area (Å²) < 4.78 is 0. The largest absolute Gasteiger partial charge is 0.397 e. The van der Waals surface area contributed by atoms with Crippen LogP contribution in [0.15, 0.2) is 23.8 Å². The molecule has 2 heterocycles. The molecule has 4 nitrogen and oxygen atoms in total. The number of allylic oxidation sites excluding steroid dienone is 1. The highest BCUT2D eigenvalue weighted by Crippen LogP contribution is 2.32. The molecule has 3 rings (SSSR count). The number of aromatic nitrogens is 1. The van der Waals surface area contributed by atoms with Crippen molar-refractivity contribution in [2.24, 2.45) is 5.92 Å². The molecule has 0 unspecified atom stereocenters. The number of fused-ring (bicyclic) bond motifs is 1. The van der Waals surface area contributed by atoms with Gasteiger partial charge in [-0.1, -0.05) is 25.5 Å². The van der Waals surface area contributed by atoms with Crippen LogP contribution in [0.1, 0.15) is 61.3 Å². The summed E-state index contributed by atoms with van der Waals surface area (Å²) in [4.78, 5) is 18.6. The Balaban J connectivity index is 1.68. The van der Waals surface area contributed by atoms with Gasteiger partial charge in [0.2, 0.25) is 0 Å². The lowest BCUT2D eigenvalue weighted by Crippen LogP contribution is -2.24. The van der Waals surface area contributed by atoms with Gasteiger partial charge in [-0.3, -0.25) is 4.79 Å². The van der Waals surface area contributed by atoms with Crippen molar-refractivity contribution in [1.29, 1.82) is 0 Å². The van der Waals surface area contributed by atoms with E-state index in [0.717, 1.165) is 28.8 Å². The van der Waals surface area contributed by atoms with E-state index in [9.17, 15) is 4.79 Å². The Morgan fingerprint density at radius 1 is 1.36 bits per heavy atom. The maximum absolute atomic E-state index is 12.5. The summed E-state index contributed by atoms with van der Waals surface area (Å²) in [6, 6.07) is 4.01. The maximum Gasteiger partial charge on any atom is 0.263 e. The molecular weight excluding hydrogens is 330 g/mol. The van der Waals surface area contributed by atoms with Crippen molar-refractivity contribution in [3.05, 3.63) is 34.4 Å². The highest BCUT2D eigenvalue weighted by molar-refractivity contribution is 7.21. The zero-order valence-electron chi connectivity index (χ0n) is 15.1. The van der Waals surface area contributed by atoms with Gasteiger partial charge in [0.05, 0.1) is 5.69 Å². The second-order valence-corrected chi connectivity index (χ2v) is 8.21. The van der Waals surface area contributed by atoms with E-state index < -0.39 is 0 Å².